The number of nitrogens with one attached hydrogen (secondary N) is 1. The second kappa shape index (κ2) is 6.72. The van der Waals surface area contributed by atoms with E-state index >= 15 is 0 Å². The van der Waals surface area contributed by atoms with Gasteiger partial charge in [0.1, 0.15) is 6.10 Å². The number of alkyl carbamates (subject to hydrolysis) is 1. The number of cyclic esters (lactones) is 1. The summed E-state index contributed by atoms with van der Waals surface area (Å²) in [5.74, 6) is -0.161. The maximum atomic E-state index is 11.1. The summed E-state index contributed by atoms with van der Waals surface area (Å²) in [7, 11) is 1.41. The number of carbonyl (C=O) groups is 2. The number of hydrogen-bond donors (Lipinski definition) is 1. The summed E-state index contributed by atoms with van der Waals surface area (Å²) in [6.45, 7) is 5.88. The van der Waals surface area contributed by atoms with E-state index in [2.05, 4.69) is 19.9 Å². The normalized spacial score (nSPS) is 24.9. The summed E-state index contributed by atoms with van der Waals surface area (Å²) in [5.41, 5.74) is 0. The maximum Gasteiger partial charge on any atom is 0.407 e. The summed E-state index contributed by atoms with van der Waals surface area (Å²) in [6.07, 6.45) is 0.0940. The van der Waals surface area contributed by atoms with Gasteiger partial charge in [-0.2, -0.15) is 0 Å². The molecule has 2 aliphatic heterocycles. The van der Waals surface area contributed by atoms with Gasteiger partial charge in [0, 0.05) is 39.3 Å². The average Bonchev–Trinajstić information content (AvgIpc) is 2.83. The van der Waals surface area contributed by atoms with Gasteiger partial charge in [-0.05, 0) is 0 Å². The van der Waals surface area contributed by atoms with Gasteiger partial charge in [0.2, 0.25) is 0 Å². The molecule has 2 saturated heterocycles. The number of amides is 1. The summed E-state index contributed by atoms with van der Waals surface area (Å²) in [6, 6.07) is 0. The standard InChI is InChI=1S/C12H21N3O4/c1-18-11(16)2-3-14-4-6-15(7-5-14)9-10-8-13-12(17)19-10/h10H,2-9H2,1H3,(H,13,17). The van der Waals surface area contributed by atoms with Crippen molar-refractivity contribution in [3.05, 3.63) is 0 Å². The van der Waals surface area contributed by atoms with Crippen LogP contribution in [0, 0.1) is 0 Å². The number of rotatable bonds is 5. The zero-order valence-electron chi connectivity index (χ0n) is 11.3. The Morgan fingerprint density at radius 1 is 1.37 bits per heavy atom. The lowest BCUT2D eigenvalue weighted by molar-refractivity contribution is -0.141. The van der Waals surface area contributed by atoms with Crippen molar-refractivity contribution in [3.63, 3.8) is 0 Å². The van der Waals surface area contributed by atoms with Gasteiger partial charge >= 0.3 is 12.1 Å². The first kappa shape index (κ1) is 14.1. The van der Waals surface area contributed by atoms with Crippen LogP contribution in [0.5, 0.6) is 0 Å². The van der Waals surface area contributed by atoms with Crippen molar-refractivity contribution in [1.82, 2.24) is 15.1 Å². The monoisotopic (exact) mass is 271 g/mol. The average molecular weight is 271 g/mol. The van der Waals surface area contributed by atoms with E-state index in [1.54, 1.807) is 0 Å². The molecule has 1 amide bonds. The summed E-state index contributed by atoms with van der Waals surface area (Å²) in [5, 5.41) is 2.66. The molecule has 0 spiro atoms. The van der Waals surface area contributed by atoms with E-state index in [9.17, 15) is 9.59 Å². The Morgan fingerprint density at radius 3 is 2.63 bits per heavy atom. The van der Waals surface area contributed by atoms with Crippen LogP contribution in [0.4, 0.5) is 4.79 Å². The van der Waals surface area contributed by atoms with E-state index in [-0.39, 0.29) is 18.2 Å². The predicted octanol–water partition coefficient (Wildman–Crippen LogP) is -0.724. The Bertz CT molecular complexity index is 329. The Morgan fingerprint density at radius 2 is 2.05 bits per heavy atom. The summed E-state index contributed by atoms with van der Waals surface area (Å²) >= 11 is 0. The number of methoxy groups -OCH3 is 1. The molecule has 0 aromatic heterocycles. The predicted molar refractivity (Wildman–Crippen MR) is 67.8 cm³/mol. The van der Waals surface area contributed by atoms with Crippen LogP contribution in [-0.2, 0) is 14.3 Å². The molecule has 2 heterocycles. The molecule has 0 radical (unpaired) electrons. The zero-order chi connectivity index (χ0) is 13.7. The minimum atomic E-state index is -0.318. The Balaban J connectivity index is 1.62. The topological polar surface area (TPSA) is 71.1 Å². The van der Waals surface area contributed by atoms with Gasteiger partial charge in [0.25, 0.3) is 0 Å². The van der Waals surface area contributed by atoms with Gasteiger partial charge < -0.3 is 19.7 Å². The van der Waals surface area contributed by atoms with E-state index in [4.69, 9.17) is 4.74 Å². The summed E-state index contributed by atoms with van der Waals surface area (Å²) < 4.78 is 9.75. The zero-order valence-corrected chi connectivity index (χ0v) is 11.3. The highest BCUT2D eigenvalue weighted by Crippen LogP contribution is 2.07. The molecule has 0 bridgehead atoms. The number of nitrogens with zero attached hydrogens (tertiary/aromatic N) is 2. The molecule has 108 valence electrons. The van der Waals surface area contributed by atoms with Crippen LogP contribution < -0.4 is 5.32 Å². The molecule has 7 heteroatoms. The molecule has 0 aromatic rings. The van der Waals surface area contributed by atoms with Crippen LogP contribution >= 0.6 is 0 Å². The largest absolute Gasteiger partial charge is 0.469 e. The van der Waals surface area contributed by atoms with Gasteiger partial charge in [-0.1, -0.05) is 0 Å². The fraction of sp³-hybridized carbons (Fsp3) is 0.833. The SMILES string of the molecule is COC(=O)CCN1CCN(CC2CNC(=O)O2)CC1. The summed E-state index contributed by atoms with van der Waals surface area (Å²) in [4.78, 5) is 26.5. The van der Waals surface area contributed by atoms with Crippen molar-refractivity contribution >= 4 is 12.1 Å². The highest BCUT2D eigenvalue weighted by molar-refractivity contribution is 5.69. The van der Waals surface area contributed by atoms with E-state index in [0.717, 1.165) is 39.3 Å². The second-order valence-electron chi connectivity index (χ2n) is 4.88. The third-order valence-electron chi connectivity index (χ3n) is 3.53. The number of ether oxygens (including phenoxy) is 2. The number of piperazine rings is 1. The van der Waals surface area contributed by atoms with Crippen LogP contribution in [0.25, 0.3) is 0 Å². The first-order valence-corrected chi connectivity index (χ1v) is 6.63. The van der Waals surface area contributed by atoms with E-state index in [0.29, 0.717) is 13.0 Å². The molecule has 2 rings (SSSR count). The van der Waals surface area contributed by atoms with Gasteiger partial charge in [-0.15, -0.1) is 0 Å². The van der Waals surface area contributed by atoms with Crippen molar-refractivity contribution in [2.24, 2.45) is 0 Å². The minimum Gasteiger partial charge on any atom is -0.469 e. The molecule has 2 fully saturated rings. The highest BCUT2D eigenvalue weighted by atomic mass is 16.6. The first-order chi connectivity index (χ1) is 9.17. The van der Waals surface area contributed by atoms with Crippen LogP contribution in [0.2, 0.25) is 0 Å². The van der Waals surface area contributed by atoms with E-state index in [1.807, 2.05) is 0 Å². The lowest BCUT2D eigenvalue weighted by atomic mass is 10.2. The second-order valence-corrected chi connectivity index (χ2v) is 4.88. The Labute approximate surface area is 112 Å². The molecule has 0 saturated carbocycles. The smallest absolute Gasteiger partial charge is 0.407 e. The molecule has 1 atom stereocenters. The lowest BCUT2D eigenvalue weighted by Gasteiger charge is -2.35. The minimum absolute atomic E-state index is 0.0332. The van der Waals surface area contributed by atoms with Crippen molar-refractivity contribution in [2.75, 3.05) is 52.9 Å². The van der Waals surface area contributed by atoms with Gasteiger partial charge in [-0.3, -0.25) is 9.69 Å². The van der Waals surface area contributed by atoms with Crippen molar-refractivity contribution in [1.29, 1.82) is 0 Å². The van der Waals surface area contributed by atoms with Crippen LogP contribution in [0.1, 0.15) is 6.42 Å². The van der Waals surface area contributed by atoms with Crippen molar-refractivity contribution < 1.29 is 19.1 Å². The molecular formula is C12H21N3O4. The fourth-order valence-electron chi connectivity index (χ4n) is 2.37. The van der Waals surface area contributed by atoms with Gasteiger partial charge in [-0.25, -0.2) is 4.79 Å². The van der Waals surface area contributed by atoms with E-state index in [1.165, 1.54) is 7.11 Å². The number of carbonyl (C=O) groups excluding carboxylic acids is 2. The van der Waals surface area contributed by atoms with Crippen LogP contribution in [0.3, 0.4) is 0 Å². The van der Waals surface area contributed by atoms with Crippen molar-refractivity contribution in [2.45, 2.75) is 12.5 Å². The maximum absolute atomic E-state index is 11.1. The molecule has 1 unspecified atom stereocenters. The molecular weight excluding hydrogens is 250 g/mol. The van der Waals surface area contributed by atoms with Gasteiger partial charge in [0.15, 0.2) is 0 Å². The number of esters is 1. The van der Waals surface area contributed by atoms with Crippen LogP contribution in [0.15, 0.2) is 0 Å². The highest BCUT2D eigenvalue weighted by Gasteiger charge is 2.26. The first-order valence-electron chi connectivity index (χ1n) is 6.63. The Kier molecular flexibility index (Phi) is 4.98. The van der Waals surface area contributed by atoms with Crippen LogP contribution in [-0.4, -0.2) is 80.9 Å². The van der Waals surface area contributed by atoms with Crippen molar-refractivity contribution in [3.8, 4) is 0 Å². The Hall–Kier alpha value is -1.34. The van der Waals surface area contributed by atoms with E-state index < -0.39 is 0 Å². The lowest BCUT2D eigenvalue weighted by Crippen LogP contribution is -2.49. The third kappa shape index (κ3) is 4.36. The number of hydrogen-bond acceptors (Lipinski definition) is 6. The van der Waals surface area contributed by atoms with Gasteiger partial charge in [0.05, 0.1) is 20.1 Å². The third-order valence-corrected chi connectivity index (χ3v) is 3.53. The fourth-order valence-corrected chi connectivity index (χ4v) is 2.37. The molecule has 1 N–H and O–H groups in total. The molecule has 7 nitrogen and oxygen atoms in total. The molecule has 2 aliphatic rings. The molecule has 19 heavy (non-hydrogen) atoms. The molecule has 0 aromatic carbocycles. The quantitative estimate of drug-likeness (QED) is 0.665. The molecule has 0 aliphatic carbocycles.